The lowest BCUT2D eigenvalue weighted by molar-refractivity contribution is -0.384. The smallest absolute Gasteiger partial charge is 0.269 e. The van der Waals surface area contributed by atoms with Crippen molar-refractivity contribution in [2.24, 2.45) is 0 Å². The molecule has 134 valence electrons. The van der Waals surface area contributed by atoms with Gasteiger partial charge in [-0.25, -0.2) is 0 Å². The number of rotatable bonds is 7. The number of hydrogen-bond acceptors (Lipinski definition) is 5. The molecule has 0 saturated carbocycles. The summed E-state index contributed by atoms with van der Waals surface area (Å²) in [6.45, 7) is 3.94. The molecule has 0 aromatic heterocycles. The number of anilines is 1. The summed E-state index contributed by atoms with van der Waals surface area (Å²) in [6, 6.07) is 14.6. The number of hydrogen-bond donors (Lipinski definition) is 0. The molecule has 0 aliphatic heterocycles. The molecule has 0 spiro atoms. The van der Waals surface area contributed by atoms with E-state index in [1.54, 1.807) is 29.2 Å². The average Bonchev–Trinajstić information content (AvgIpc) is 2.62. The first-order valence-electron chi connectivity index (χ1n) is 8.12. The highest BCUT2D eigenvalue weighted by atomic mass is 16.6. The third-order valence-electron chi connectivity index (χ3n) is 3.67. The lowest BCUT2D eigenvalue weighted by atomic mass is 10.1. The zero-order chi connectivity index (χ0) is 19.1. The summed E-state index contributed by atoms with van der Waals surface area (Å²) in [5.74, 6) is 0.336. The van der Waals surface area contributed by atoms with E-state index in [0.29, 0.717) is 17.0 Å². The van der Waals surface area contributed by atoms with Gasteiger partial charge in [-0.05, 0) is 44.2 Å². The van der Waals surface area contributed by atoms with Crippen molar-refractivity contribution in [1.82, 2.24) is 0 Å². The maximum Gasteiger partial charge on any atom is 0.269 e. The van der Waals surface area contributed by atoms with E-state index in [0.717, 1.165) is 0 Å². The predicted molar refractivity (Wildman–Crippen MR) is 97.0 cm³/mol. The maximum atomic E-state index is 12.6. The SMILES string of the molecule is CC(C)N(C(=O)CCOc1ccc([N+](=O)[O-])cc1)c1cccc(C#N)c1. The number of nitrogens with zero attached hydrogens (tertiary/aromatic N) is 3. The summed E-state index contributed by atoms with van der Waals surface area (Å²) >= 11 is 0. The van der Waals surface area contributed by atoms with E-state index < -0.39 is 4.92 Å². The van der Waals surface area contributed by atoms with Crippen LogP contribution < -0.4 is 9.64 Å². The van der Waals surface area contributed by atoms with E-state index in [-0.39, 0.29) is 30.7 Å². The van der Waals surface area contributed by atoms with Gasteiger partial charge in [-0.1, -0.05) is 6.07 Å². The number of carbonyl (C=O) groups is 1. The Labute approximate surface area is 151 Å². The Morgan fingerprint density at radius 3 is 2.54 bits per heavy atom. The molecule has 0 heterocycles. The van der Waals surface area contributed by atoms with Crippen LogP contribution in [0.1, 0.15) is 25.8 Å². The lowest BCUT2D eigenvalue weighted by Crippen LogP contribution is -2.37. The van der Waals surface area contributed by atoms with Gasteiger partial charge in [0, 0.05) is 23.9 Å². The van der Waals surface area contributed by atoms with Crippen molar-refractivity contribution in [2.75, 3.05) is 11.5 Å². The van der Waals surface area contributed by atoms with E-state index in [9.17, 15) is 14.9 Å². The summed E-state index contributed by atoms with van der Waals surface area (Å²) in [4.78, 5) is 24.4. The van der Waals surface area contributed by atoms with Crippen molar-refractivity contribution in [3.8, 4) is 11.8 Å². The minimum atomic E-state index is -0.483. The van der Waals surface area contributed by atoms with Gasteiger partial charge in [-0.3, -0.25) is 14.9 Å². The van der Waals surface area contributed by atoms with Crippen LogP contribution in [0.5, 0.6) is 5.75 Å². The van der Waals surface area contributed by atoms with Gasteiger partial charge in [0.1, 0.15) is 5.75 Å². The second-order valence-corrected chi connectivity index (χ2v) is 5.87. The molecule has 0 aliphatic rings. The molecular weight excluding hydrogens is 334 g/mol. The van der Waals surface area contributed by atoms with Crippen molar-refractivity contribution >= 4 is 17.3 Å². The van der Waals surface area contributed by atoms with E-state index in [2.05, 4.69) is 6.07 Å². The van der Waals surface area contributed by atoms with Crippen molar-refractivity contribution in [3.63, 3.8) is 0 Å². The molecule has 0 N–H and O–H groups in total. The lowest BCUT2D eigenvalue weighted by Gasteiger charge is -2.27. The summed E-state index contributed by atoms with van der Waals surface area (Å²) in [7, 11) is 0. The highest BCUT2D eigenvalue weighted by Gasteiger charge is 2.19. The number of benzene rings is 2. The van der Waals surface area contributed by atoms with Crippen LogP contribution in [-0.2, 0) is 4.79 Å². The first-order chi connectivity index (χ1) is 12.4. The van der Waals surface area contributed by atoms with Crippen LogP contribution in [0.3, 0.4) is 0 Å². The van der Waals surface area contributed by atoms with Gasteiger partial charge in [-0.15, -0.1) is 0 Å². The number of amides is 1. The van der Waals surface area contributed by atoms with Crippen LogP contribution in [0.25, 0.3) is 0 Å². The zero-order valence-corrected chi connectivity index (χ0v) is 14.6. The van der Waals surface area contributed by atoms with E-state index in [1.165, 1.54) is 24.3 Å². The number of nitriles is 1. The topological polar surface area (TPSA) is 96.5 Å². The minimum Gasteiger partial charge on any atom is -0.493 e. The van der Waals surface area contributed by atoms with E-state index in [4.69, 9.17) is 10.00 Å². The average molecular weight is 353 g/mol. The maximum absolute atomic E-state index is 12.6. The Kier molecular flexibility index (Phi) is 6.28. The van der Waals surface area contributed by atoms with Crippen LogP contribution >= 0.6 is 0 Å². The molecule has 0 saturated heterocycles. The van der Waals surface area contributed by atoms with Crippen molar-refractivity contribution in [3.05, 3.63) is 64.2 Å². The second kappa shape index (κ2) is 8.62. The molecule has 2 aromatic carbocycles. The molecule has 0 radical (unpaired) electrons. The first-order valence-corrected chi connectivity index (χ1v) is 8.12. The van der Waals surface area contributed by atoms with Crippen LogP contribution in [0, 0.1) is 21.4 Å². The summed E-state index contributed by atoms with van der Waals surface area (Å²) in [5.41, 5.74) is 1.14. The number of nitro benzene ring substituents is 1. The van der Waals surface area contributed by atoms with Gasteiger partial charge < -0.3 is 9.64 Å². The predicted octanol–water partition coefficient (Wildman–Crippen LogP) is 3.68. The third-order valence-corrected chi connectivity index (χ3v) is 3.67. The van der Waals surface area contributed by atoms with Gasteiger partial charge in [0.2, 0.25) is 5.91 Å². The molecule has 0 aliphatic carbocycles. The molecular formula is C19H19N3O4. The van der Waals surface area contributed by atoms with Crippen molar-refractivity contribution in [1.29, 1.82) is 5.26 Å². The Morgan fingerprint density at radius 1 is 1.27 bits per heavy atom. The Hall–Kier alpha value is -3.40. The first kappa shape index (κ1) is 18.9. The van der Waals surface area contributed by atoms with Crippen LogP contribution in [-0.4, -0.2) is 23.5 Å². The zero-order valence-electron chi connectivity index (χ0n) is 14.6. The van der Waals surface area contributed by atoms with E-state index >= 15 is 0 Å². The second-order valence-electron chi connectivity index (χ2n) is 5.87. The van der Waals surface area contributed by atoms with Gasteiger partial charge >= 0.3 is 0 Å². The monoisotopic (exact) mass is 353 g/mol. The fourth-order valence-corrected chi connectivity index (χ4v) is 2.50. The van der Waals surface area contributed by atoms with Crippen molar-refractivity contribution < 1.29 is 14.5 Å². The third kappa shape index (κ3) is 4.80. The van der Waals surface area contributed by atoms with Gasteiger partial charge in [0.25, 0.3) is 5.69 Å². The highest BCUT2D eigenvalue weighted by Crippen LogP contribution is 2.21. The summed E-state index contributed by atoms with van der Waals surface area (Å²) < 4.78 is 5.50. The van der Waals surface area contributed by atoms with Crippen LogP contribution in [0.2, 0.25) is 0 Å². The molecule has 2 aromatic rings. The fourth-order valence-electron chi connectivity index (χ4n) is 2.50. The molecule has 2 rings (SSSR count). The molecule has 1 amide bonds. The normalized spacial score (nSPS) is 10.2. The largest absolute Gasteiger partial charge is 0.493 e. The van der Waals surface area contributed by atoms with Crippen LogP contribution in [0.4, 0.5) is 11.4 Å². The molecule has 7 nitrogen and oxygen atoms in total. The number of ether oxygens (including phenoxy) is 1. The standard InChI is InChI=1S/C19H19N3O4/c1-14(2)21(17-5-3-4-15(12-17)13-20)19(23)10-11-26-18-8-6-16(7-9-18)22(24)25/h3-9,12,14H,10-11H2,1-2H3. The highest BCUT2D eigenvalue weighted by molar-refractivity contribution is 5.94. The van der Waals surface area contributed by atoms with Crippen molar-refractivity contribution in [2.45, 2.75) is 26.3 Å². The summed E-state index contributed by atoms with van der Waals surface area (Å²) in [6.07, 6.45) is 0.145. The van der Waals surface area contributed by atoms with Gasteiger partial charge in [0.05, 0.1) is 29.6 Å². The fraction of sp³-hybridized carbons (Fsp3) is 0.263. The molecule has 0 atom stereocenters. The molecule has 0 fully saturated rings. The number of nitro groups is 1. The number of carbonyl (C=O) groups excluding carboxylic acids is 1. The van der Waals surface area contributed by atoms with Gasteiger partial charge in [0.15, 0.2) is 0 Å². The summed E-state index contributed by atoms with van der Waals surface area (Å²) in [5, 5.41) is 19.7. The quantitative estimate of drug-likeness (QED) is 0.559. The Morgan fingerprint density at radius 2 is 1.96 bits per heavy atom. The molecule has 26 heavy (non-hydrogen) atoms. The Bertz CT molecular complexity index is 825. The van der Waals surface area contributed by atoms with Gasteiger partial charge in [-0.2, -0.15) is 5.26 Å². The van der Waals surface area contributed by atoms with Crippen LogP contribution in [0.15, 0.2) is 48.5 Å². The molecule has 7 heteroatoms. The Balaban J connectivity index is 1.99. The minimum absolute atomic E-state index is 0.0169. The van der Waals surface area contributed by atoms with E-state index in [1.807, 2.05) is 13.8 Å². The molecule has 0 bridgehead atoms. The molecule has 0 unspecified atom stereocenters. The number of non-ortho nitro benzene ring substituents is 1.